The van der Waals surface area contributed by atoms with Crippen molar-refractivity contribution in [2.24, 2.45) is 5.73 Å². The molecule has 0 amide bonds. The van der Waals surface area contributed by atoms with Gasteiger partial charge in [-0.3, -0.25) is 4.79 Å². The van der Waals surface area contributed by atoms with Gasteiger partial charge in [-0.05, 0) is 12.1 Å². The summed E-state index contributed by atoms with van der Waals surface area (Å²) in [6, 6.07) is 3.13. The Bertz CT molecular complexity index is 360. The third-order valence-electron chi connectivity index (χ3n) is 1.76. The molecule has 0 fully saturated rings. The molecule has 0 aliphatic carbocycles. The first-order valence-corrected chi connectivity index (χ1v) is 4.31. The summed E-state index contributed by atoms with van der Waals surface area (Å²) in [6.45, 7) is 0. The maximum Gasteiger partial charge on any atom is 0.305 e. The van der Waals surface area contributed by atoms with E-state index in [9.17, 15) is 9.18 Å². The van der Waals surface area contributed by atoms with Gasteiger partial charge in [-0.15, -0.1) is 12.4 Å². The van der Waals surface area contributed by atoms with E-state index in [1.54, 1.807) is 0 Å². The largest absolute Gasteiger partial charge is 0.481 e. The number of hydrogen-bond donors (Lipinski definition) is 2. The lowest BCUT2D eigenvalue weighted by molar-refractivity contribution is -0.137. The summed E-state index contributed by atoms with van der Waals surface area (Å²) in [6.07, 6.45) is -0.307. The molecule has 1 atom stereocenters. The molecule has 0 aliphatic rings. The summed E-state index contributed by atoms with van der Waals surface area (Å²) in [7, 11) is 0. The van der Waals surface area contributed by atoms with Gasteiger partial charge in [0, 0.05) is 16.6 Å². The Balaban J connectivity index is 0.00000196. The minimum Gasteiger partial charge on any atom is -0.481 e. The van der Waals surface area contributed by atoms with Gasteiger partial charge in [-0.2, -0.15) is 0 Å². The van der Waals surface area contributed by atoms with Gasteiger partial charge in [-0.25, -0.2) is 4.39 Å². The topological polar surface area (TPSA) is 63.3 Å². The summed E-state index contributed by atoms with van der Waals surface area (Å²) in [5.41, 5.74) is 5.65. The normalized spacial score (nSPS) is 11.7. The average molecular weight is 254 g/mol. The van der Waals surface area contributed by atoms with Gasteiger partial charge in [0.2, 0.25) is 0 Å². The molecule has 0 radical (unpaired) electrons. The zero-order valence-electron chi connectivity index (χ0n) is 7.61. The first kappa shape index (κ1) is 14.2. The van der Waals surface area contributed by atoms with Crippen LogP contribution in [0.2, 0.25) is 5.02 Å². The fourth-order valence-electron chi connectivity index (χ4n) is 1.10. The van der Waals surface area contributed by atoms with E-state index in [2.05, 4.69) is 0 Å². The molecule has 0 spiro atoms. The summed E-state index contributed by atoms with van der Waals surface area (Å²) >= 11 is 5.53. The molecule has 0 saturated heterocycles. The molecule has 1 aromatic carbocycles. The number of benzene rings is 1. The van der Waals surface area contributed by atoms with Crippen LogP contribution in [0, 0.1) is 5.82 Å². The highest BCUT2D eigenvalue weighted by molar-refractivity contribution is 6.30. The number of aliphatic carboxylic acids is 1. The van der Waals surface area contributed by atoms with Crippen molar-refractivity contribution in [3.63, 3.8) is 0 Å². The second-order valence-corrected chi connectivity index (χ2v) is 3.31. The first-order valence-electron chi connectivity index (χ1n) is 3.93. The van der Waals surface area contributed by atoms with Crippen LogP contribution in [0.3, 0.4) is 0 Å². The van der Waals surface area contributed by atoms with Crippen LogP contribution in [0.4, 0.5) is 4.39 Å². The van der Waals surface area contributed by atoms with Gasteiger partial charge in [0.1, 0.15) is 5.82 Å². The Labute approximate surface area is 97.4 Å². The Kier molecular flexibility index (Phi) is 5.57. The van der Waals surface area contributed by atoms with E-state index in [1.165, 1.54) is 12.1 Å². The molecule has 0 unspecified atom stereocenters. The second kappa shape index (κ2) is 5.90. The van der Waals surface area contributed by atoms with Gasteiger partial charge in [0.25, 0.3) is 0 Å². The maximum atomic E-state index is 13.2. The van der Waals surface area contributed by atoms with Gasteiger partial charge < -0.3 is 10.8 Å². The molecule has 0 bridgehead atoms. The summed E-state index contributed by atoms with van der Waals surface area (Å²) in [5.74, 6) is -1.64. The highest BCUT2D eigenvalue weighted by Crippen LogP contribution is 2.21. The molecular weight excluding hydrogens is 244 g/mol. The number of carbonyl (C=O) groups is 1. The predicted molar refractivity (Wildman–Crippen MR) is 57.8 cm³/mol. The molecule has 1 aromatic rings. The van der Waals surface area contributed by atoms with Crippen molar-refractivity contribution in [1.29, 1.82) is 0 Å². The molecule has 0 aliphatic heterocycles. The zero-order chi connectivity index (χ0) is 10.7. The van der Waals surface area contributed by atoms with Crippen molar-refractivity contribution < 1.29 is 14.3 Å². The number of carboxylic acid groups (broad SMARTS) is 1. The number of carboxylic acids is 1. The van der Waals surface area contributed by atoms with Crippen LogP contribution in [-0.2, 0) is 4.79 Å². The van der Waals surface area contributed by atoms with Crippen LogP contribution in [0.1, 0.15) is 18.0 Å². The van der Waals surface area contributed by atoms with Gasteiger partial charge in [0.05, 0.1) is 6.42 Å². The summed E-state index contributed by atoms with van der Waals surface area (Å²) in [5, 5.41) is 8.72. The third kappa shape index (κ3) is 4.03. The van der Waals surface area contributed by atoms with Crippen molar-refractivity contribution in [2.45, 2.75) is 12.5 Å². The highest BCUT2D eigenvalue weighted by atomic mass is 35.5. The minimum atomic E-state index is -1.06. The maximum absolute atomic E-state index is 13.2. The molecule has 0 heterocycles. The Morgan fingerprint density at radius 1 is 1.60 bits per heavy atom. The Morgan fingerprint density at radius 3 is 2.67 bits per heavy atom. The molecule has 3 N–H and O–H groups in total. The van der Waals surface area contributed by atoms with Crippen LogP contribution in [0.5, 0.6) is 0 Å². The van der Waals surface area contributed by atoms with Crippen LogP contribution in [0.15, 0.2) is 18.2 Å². The molecule has 0 saturated carbocycles. The minimum absolute atomic E-state index is 0. The van der Waals surface area contributed by atoms with E-state index in [0.717, 1.165) is 6.07 Å². The highest BCUT2D eigenvalue weighted by Gasteiger charge is 2.14. The van der Waals surface area contributed by atoms with E-state index in [0.29, 0.717) is 0 Å². The van der Waals surface area contributed by atoms with Crippen molar-refractivity contribution >= 4 is 30.0 Å². The summed E-state index contributed by atoms with van der Waals surface area (Å²) in [4.78, 5) is 10.3. The van der Waals surface area contributed by atoms with Crippen LogP contribution >= 0.6 is 24.0 Å². The predicted octanol–water partition coefficient (Wildman–Crippen LogP) is 2.38. The van der Waals surface area contributed by atoms with Crippen LogP contribution < -0.4 is 5.73 Å². The van der Waals surface area contributed by atoms with Crippen LogP contribution in [-0.4, -0.2) is 11.1 Å². The molecular formula is C9H10Cl2FNO2. The molecule has 3 nitrogen and oxygen atoms in total. The van der Waals surface area contributed by atoms with Gasteiger partial charge >= 0.3 is 5.97 Å². The lowest BCUT2D eigenvalue weighted by Gasteiger charge is -2.10. The van der Waals surface area contributed by atoms with Gasteiger partial charge in [-0.1, -0.05) is 17.7 Å². The number of nitrogens with two attached hydrogens (primary N) is 1. The number of halogens is 3. The number of rotatable bonds is 3. The molecule has 1 rings (SSSR count). The van der Waals surface area contributed by atoms with E-state index in [1.807, 2.05) is 0 Å². The quantitative estimate of drug-likeness (QED) is 0.870. The van der Waals surface area contributed by atoms with Crippen molar-refractivity contribution in [1.82, 2.24) is 0 Å². The Hall–Kier alpha value is -0.840. The monoisotopic (exact) mass is 253 g/mol. The fraction of sp³-hybridized carbons (Fsp3) is 0.222. The number of hydrogen-bond acceptors (Lipinski definition) is 2. The lowest BCUT2D eigenvalue weighted by Crippen LogP contribution is -2.16. The summed E-state index contributed by atoms with van der Waals surface area (Å²) < 4.78 is 13.2. The van der Waals surface area contributed by atoms with Gasteiger partial charge in [0.15, 0.2) is 0 Å². The van der Waals surface area contributed by atoms with Crippen molar-refractivity contribution in [3.05, 3.63) is 34.6 Å². The molecule has 15 heavy (non-hydrogen) atoms. The third-order valence-corrected chi connectivity index (χ3v) is 1.99. The standard InChI is InChI=1S/C9H9ClFNO2.ClH/c10-5-1-2-6(7(11)3-5)8(12)4-9(13)14;/h1-3,8H,4,12H2,(H,13,14);1H/t8-;/m1./s1. The van der Waals surface area contributed by atoms with Crippen LogP contribution in [0.25, 0.3) is 0 Å². The second-order valence-electron chi connectivity index (χ2n) is 2.87. The lowest BCUT2D eigenvalue weighted by atomic mass is 10.0. The van der Waals surface area contributed by atoms with E-state index in [-0.39, 0.29) is 29.4 Å². The average Bonchev–Trinajstić information content (AvgIpc) is 2.01. The Morgan fingerprint density at radius 2 is 2.20 bits per heavy atom. The van der Waals surface area contributed by atoms with E-state index in [4.69, 9.17) is 22.4 Å². The SMILES string of the molecule is Cl.N[C@H](CC(=O)O)c1ccc(Cl)cc1F. The smallest absolute Gasteiger partial charge is 0.305 e. The molecule has 0 aromatic heterocycles. The van der Waals surface area contributed by atoms with E-state index < -0.39 is 17.8 Å². The first-order chi connectivity index (χ1) is 6.50. The fourth-order valence-corrected chi connectivity index (χ4v) is 1.26. The molecule has 84 valence electrons. The van der Waals surface area contributed by atoms with E-state index >= 15 is 0 Å². The molecule has 6 heteroatoms. The van der Waals surface area contributed by atoms with Crippen molar-refractivity contribution in [3.8, 4) is 0 Å². The van der Waals surface area contributed by atoms with Crippen molar-refractivity contribution in [2.75, 3.05) is 0 Å². The zero-order valence-corrected chi connectivity index (χ0v) is 9.19.